The Morgan fingerprint density at radius 2 is 0.922 bits per heavy atom. The molecule has 9 nitrogen and oxygen atoms in total. The minimum absolute atomic E-state index is 0.373. The van der Waals surface area contributed by atoms with Crippen LogP contribution in [0.15, 0.2) is 122 Å². The van der Waals surface area contributed by atoms with Gasteiger partial charge in [0.2, 0.25) is 0 Å². The first-order chi connectivity index (χ1) is 25.2. The van der Waals surface area contributed by atoms with Crippen LogP contribution in [-0.4, -0.2) is 46.2 Å². The zero-order chi connectivity index (χ0) is 34.2. The summed E-state index contributed by atoms with van der Waals surface area (Å²) in [5, 5.41) is 17.6. The van der Waals surface area contributed by atoms with Gasteiger partial charge in [-0.25, -0.2) is 0 Å². The predicted molar refractivity (Wildman–Crippen MR) is 194 cm³/mol. The number of ether oxygens (including phenoxy) is 5. The Morgan fingerprint density at radius 1 is 0.451 bits per heavy atom. The molecule has 6 aromatic rings. The highest BCUT2D eigenvalue weighted by Crippen LogP contribution is 2.42. The summed E-state index contributed by atoms with van der Waals surface area (Å²) in [5.74, 6) is 2.08. The van der Waals surface area contributed by atoms with Crippen molar-refractivity contribution in [1.82, 2.24) is 20.4 Å². The molecule has 0 N–H and O–H groups in total. The average molecular weight is 679 g/mol. The molecule has 4 aromatic carbocycles. The summed E-state index contributed by atoms with van der Waals surface area (Å²) in [4.78, 5) is 0. The first-order valence-corrected chi connectivity index (χ1v) is 17.5. The minimum Gasteiger partial charge on any atom is -0.461 e. The summed E-state index contributed by atoms with van der Waals surface area (Å²) >= 11 is 0. The summed E-state index contributed by atoms with van der Waals surface area (Å²) in [6.07, 6.45) is 8.49. The Bertz CT molecular complexity index is 1920. The van der Waals surface area contributed by atoms with Crippen molar-refractivity contribution in [3.63, 3.8) is 0 Å². The van der Waals surface area contributed by atoms with Crippen LogP contribution in [0.25, 0.3) is 44.8 Å². The molecule has 51 heavy (non-hydrogen) atoms. The Labute approximate surface area is 297 Å². The van der Waals surface area contributed by atoms with Crippen molar-refractivity contribution in [2.75, 3.05) is 13.2 Å². The zero-order valence-electron chi connectivity index (χ0n) is 28.2. The number of benzene rings is 4. The highest BCUT2D eigenvalue weighted by atomic mass is 16.7. The van der Waals surface area contributed by atoms with Crippen molar-refractivity contribution >= 4 is 0 Å². The molecule has 0 aliphatic carbocycles. The van der Waals surface area contributed by atoms with Gasteiger partial charge in [-0.15, -0.1) is 0 Å². The van der Waals surface area contributed by atoms with Crippen LogP contribution in [0.3, 0.4) is 0 Å². The van der Waals surface area contributed by atoms with Crippen molar-refractivity contribution < 1.29 is 23.7 Å². The maximum absolute atomic E-state index is 6.82. The summed E-state index contributed by atoms with van der Waals surface area (Å²) in [6, 6.07) is 35.9. The fraction of sp³-hybridized carbons (Fsp3) is 0.238. The van der Waals surface area contributed by atoms with Gasteiger partial charge in [0.05, 0.1) is 37.0 Å². The van der Waals surface area contributed by atoms with Crippen LogP contribution in [0.4, 0.5) is 0 Å². The van der Waals surface area contributed by atoms with Gasteiger partial charge < -0.3 is 23.7 Å². The maximum Gasteiger partial charge on any atom is 0.200 e. The molecule has 0 saturated carbocycles. The summed E-state index contributed by atoms with van der Waals surface area (Å²) in [6.45, 7) is 1.32. The third kappa shape index (κ3) is 7.90. The third-order valence-corrected chi connectivity index (χ3v) is 9.01. The van der Waals surface area contributed by atoms with Crippen molar-refractivity contribution in [3.8, 4) is 67.8 Å². The molecule has 2 aliphatic heterocycles. The van der Waals surface area contributed by atoms with Crippen molar-refractivity contribution in [2.24, 2.45) is 0 Å². The summed E-state index contributed by atoms with van der Waals surface area (Å²) < 4.78 is 31.6. The first kappa shape index (κ1) is 32.6. The average Bonchev–Trinajstić information content (AvgIpc) is 3.21. The quantitative estimate of drug-likeness (QED) is 0.140. The fourth-order valence-corrected chi connectivity index (χ4v) is 6.29. The van der Waals surface area contributed by atoms with E-state index >= 15 is 0 Å². The molecular weight excluding hydrogens is 640 g/mol. The molecule has 256 valence electrons. The summed E-state index contributed by atoms with van der Waals surface area (Å²) in [5.41, 5.74) is 7.10. The molecule has 0 amide bonds. The Kier molecular flexibility index (Phi) is 9.89. The van der Waals surface area contributed by atoms with Gasteiger partial charge >= 0.3 is 0 Å². The van der Waals surface area contributed by atoms with Crippen molar-refractivity contribution in [2.45, 2.75) is 51.1 Å². The second-order valence-corrected chi connectivity index (χ2v) is 12.6. The Morgan fingerprint density at radius 3 is 1.35 bits per heavy atom. The van der Waals surface area contributed by atoms with Gasteiger partial charge in [0.15, 0.2) is 35.6 Å². The number of aromatic nitrogens is 4. The van der Waals surface area contributed by atoms with Gasteiger partial charge in [0.25, 0.3) is 0 Å². The molecular formula is C42H38N4O5. The molecule has 2 aromatic heterocycles. The number of hydrogen-bond donors (Lipinski definition) is 0. The molecule has 4 heterocycles. The normalized spacial score (nSPS) is 17.4. The Hall–Kier alpha value is -5.64. The van der Waals surface area contributed by atoms with Crippen LogP contribution in [-0.2, 0) is 9.47 Å². The zero-order valence-corrected chi connectivity index (χ0v) is 28.2. The van der Waals surface area contributed by atoms with E-state index in [9.17, 15) is 0 Å². The smallest absolute Gasteiger partial charge is 0.200 e. The van der Waals surface area contributed by atoms with Crippen LogP contribution in [0, 0.1) is 0 Å². The SMILES string of the molecule is c1ccc(-c2cnnc(-c3ccc(OC4CCCCO4)c(Oc4cc(-c5cc(-c6ccccc6)cnn5)ccc4OC4CCCCO4)c3)c2)cc1. The van der Waals surface area contributed by atoms with E-state index in [1.54, 1.807) is 12.4 Å². The van der Waals surface area contributed by atoms with Crippen molar-refractivity contribution in [3.05, 3.63) is 122 Å². The molecule has 8 rings (SSSR count). The van der Waals surface area contributed by atoms with E-state index in [2.05, 4.69) is 44.7 Å². The topological polar surface area (TPSA) is 97.7 Å². The second kappa shape index (κ2) is 15.5. The van der Waals surface area contributed by atoms with E-state index in [0.717, 1.165) is 71.9 Å². The van der Waals surface area contributed by atoms with Gasteiger partial charge in [-0.05, 0) is 85.3 Å². The number of rotatable bonds is 10. The van der Waals surface area contributed by atoms with Crippen molar-refractivity contribution in [1.29, 1.82) is 0 Å². The highest BCUT2D eigenvalue weighted by molar-refractivity contribution is 5.73. The molecule has 2 atom stereocenters. The van der Waals surface area contributed by atoms with E-state index < -0.39 is 0 Å². The van der Waals surface area contributed by atoms with Gasteiger partial charge in [-0.2, -0.15) is 20.4 Å². The van der Waals surface area contributed by atoms with Gasteiger partial charge in [-0.1, -0.05) is 60.7 Å². The van der Waals surface area contributed by atoms with E-state index in [-0.39, 0.29) is 12.6 Å². The van der Waals surface area contributed by atoms with Crippen LogP contribution in [0.2, 0.25) is 0 Å². The molecule has 0 bridgehead atoms. The lowest BCUT2D eigenvalue weighted by Gasteiger charge is -2.26. The largest absolute Gasteiger partial charge is 0.461 e. The van der Waals surface area contributed by atoms with Crippen LogP contribution < -0.4 is 14.2 Å². The minimum atomic E-state index is -0.373. The predicted octanol–water partition coefficient (Wildman–Crippen LogP) is 9.54. The molecule has 2 aliphatic rings. The summed E-state index contributed by atoms with van der Waals surface area (Å²) in [7, 11) is 0. The Balaban J connectivity index is 1.19. The van der Waals surface area contributed by atoms with Crippen LogP contribution >= 0.6 is 0 Å². The lowest BCUT2D eigenvalue weighted by atomic mass is 10.0. The number of nitrogens with zero attached hydrogens (tertiary/aromatic N) is 4. The van der Waals surface area contributed by atoms with Crippen LogP contribution in [0.1, 0.15) is 38.5 Å². The highest BCUT2D eigenvalue weighted by Gasteiger charge is 2.23. The molecule has 9 heteroatoms. The molecule has 0 radical (unpaired) electrons. The second-order valence-electron chi connectivity index (χ2n) is 12.6. The maximum atomic E-state index is 6.82. The van der Waals surface area contributed by atoms with E-state index in [1.807, 2.05) is 84.9 Å². The fourth-order valence-electron chi connectivity index (χ4n) is 6.29. The lowest BCUT2D eigenvalue weighted by molar-refractivity contribution is -0.107. The van der Waals surface area contributed by atoms with Gasteiger partial charge in [0, 0.05) is 35.1 Å². The number of hydrogen-bond acceptors (Lipinski definition) is 9. The standard InChI is InChI=1S/C42H38N4O5/c1-3-11-29(12-4-1)33-23-35(45-43-27-33)31-17-19-37(50-41-15-7-9-21-47-41)39(25-31)49-40-26-32(18-20-38(40)51-42-16-8-10-22-48-42)36-24-34(28-44-46-36)30-13-5-2-6-14-30/h1-6,11-14,17-20,23-28,41-42H,7-10,15-16,21-22H2. The van der Waals surface area contributed by atoms with E-state index in [4.69, 9.17) is 23.7 Å². The molecule has 2 unspecified atom stereocenters. The molecule has 0 spiro atoms. The third-order valence-electron chi connectivity index (χ3n) is 9.01. The van der Waals surface area contributed by atoms with Gasteiger partial charge in [-0.3, -0.25) is 0 Å². The first-order valence-electron chi connectivity index (χ1n) is 17.5. The van der Waals surface area contributed by atoms with E-state index in [1.165, 1.54) is 0 Å². The lowest BCUT2D eigenvalue weighted by Crippen LogP contribution is -2.25. The van der Waals surface area contributed by atoms with Crippen LogP contribution in [0.5, 0.6) is 23.0 Å². The monoisotopic (exact) mass is 678 g/mol. The van der Waals surface area contributed by atoms with Gasteiger partial charge in [0.1, 0.15) is 0 Å². The molecule has 2 fully saturated rings. The molecule has 2 saturated heterocycles. The van der Waals surface area contributed by atoms with E-state index in [0.29, 0.717) is 47.6 Å².